The fourth-order valence-corrected chi connectivity index (χ4v) is 3.87. The molecule has 1 amide bonds. The van der Waals surface area contributed by atoms with Crippen LogP contribution >= 0.6 is 0 Å². The second-order valence-corrected chi connectivity index (χ2v) is 6.92. The van der Waals surface area contributed by atoms with Crippen LogP contribution in [-0.4, -0.2) is 24.8 Å². The van der Waals surface area contributed by atoms with E-state index in [1.54, 1.807) is 17.8 Å². The number of benzene rings is 1. The second kappa shape index (κ2) is 6.82. The molecule has 1 saturated carbocycles. The molecule has 2 heterocycles. The highest BCUT2D eigenvalue weighted by molar-refractivity contribution is 5.90. The fraction of sp³-hybridized carbons (Fsp3) is 0.421. The number of carbonyl (C=O) groups excluding carboxylic acids is 1. The van der Waals surface area contributed by atoms with E-state index < -0.39 is 0 Å². The van der Waals surface area contributed by atoms with Crippen molar-refractivity contribution in [1.29, 1.82) is 0 Å². The minimum atomic E-state index is -0.221. The van der Waals surface area contributed by atoms with Crippen molar-refractivity contribution in [2.45, 2.75) is 44.7 Å². The van der Waals surface area contributed by atoms with Crippen LogP contribution in [-0.2, 0) is 18.4 Å². The van der Waals surface area contributed by atoms with Gasteiger partial charge in [0.25, 0.3) is 0 Å². The number of nitrogens with one attached hydrogen (secondary N) is 1. The van der Waals surface area contributed by atoms with E-state index in [2.05, 4.69) is 10.4 Å². The number of hydrogen-bond donors (Lipinski definition) is 1. The van der Waals surface area contributed by atoms with E-state index in [9.17, 15) is 9.59 Å². The number of para-hydroxylation sites is 2. The quantitative estimate of drug-likeness (QED) is 0.784. The lowest BCUT2D eigenvalue weighted by molar-refractivity contribution is -0.116. The van der Waals surface area contributed by atoms with Gasteiger partial charge in [-0.3, -0.25) is 13.9 Å². The van der Waals surface area contributed by atoms with E-state index >= 15 is 0 Å². The number of rotatable bonds is 4. The molecular weight excluding hydrogens is 330 g/mol. The Balaban J connectivity index is 1.55. The molecule has 2 aromatic heterocycles. The summed E-state index contributed by atoms with van der Waals surface area (Å²) in [5.41, 5.74) is 1.38. The van der Waals surface area contributed by atoms with Crippen LogP contribution < -0.4 is 11.0 Å². The van der Waals surface area contributed by atoms with Crippen LogP contribution in [0.5, 0.6) is 0 Å². The van der Waals surface area contributed by atoms with Gasteiger partial charge in [-0.05, 0) is 25.0 Å². The Morgan fingerprint density at radius 2 is 1.88 bits per heavy atom. The average molecular weight is 353 g/mol. The van der Waals surface area contributed by atoms with Gasteiger partial charge in [0.05, 0.1) is 23.3 Å². The van der Waals surface area contributed by atoms with E-state index in [-0.39, 0.29) is 18.1 Å². The number of nitrogens with zero attached hydrogens (tertiary/aromatic N) is 4. The largest absolute Gasteiger partial charge is 0.329 e. The number of hydrogen-bond acceptors (Lipinski definition) is 3. The zero-order valence-corrected chi connectivity index (χ0v) is 14.9. The molecule has 4 rings (SSSR count). The SMILES string of the molecule is Cn1c(=O)n(CC(=O)Nc2ccnn2C2CCCCC2)c2ccccc21. The average Bonchev–Trinajstić information content (AvgIpc) is 3.22. The molecule has 1 N–H and O–H groups in total. The normalized spacial score (nSPS) is 15.4. The molecule has 0 atom stereocenters. The van der Waals surface area contributed by atoms with Gasteiger partial charge in [0.1, 0.15) is 12.4 Å². The molecule has 1 fully saturated rings. The third-order valence-electron chi connectivity index (χ3n) is 5.21. The minimum absolute atomic E-state index is 0.0178. The first kappa shape index (κ1) is 16.6. The van der Waals surface area contributed by atoms with Crippen LogP contribution in [0.4, 0.5) is 5.82 Å². The highest BCUT2D eigenvalue weighted by Crippen LogP contribution is 2.29. The molecule has 1 aliphatic rings. The first-order valence-corrected chi connectivity index (χ1v) is 9.13. The van der Waals surface area contributed by atoms with Gasteiger partial charge in [-0.2, -0.15) is 5.10 Å². The van der Waals surface area contributed by atoms with Gasteiger partial charge < -0.3 is 5.32 Å². The molecule has 3 aromatic rings. The zero-order chi connectivity index (χ0) is 18.1. The Labute approximate surface area is 151 Å². The first-order chi connectivity index (χ1) is 12.6. The molecule has 0 aliphatic heterocycles. The maximum atomic E-state index is 12.6. The summed E-state index contributed by atoms with van der Waals surface area (Å²) in [5, 5.41) is 7.33. The van der Waals surface area contributed by atoms with Crippen LogP contribution in [0.2, 0.25) is 0 Å². The summed E-state index contributed by atoms with van der Waals surface area (Å²) in [7, 11) is 1.72. The highest BCUT2D eigenvalue weighted by Gasteiger charge is 2.20. The van der Waals surface area contributed by atoms with Crippen molar-refractivity contribution in [3.63, 3.8) is 0 Å². The summed E-state index contributed by atoms with van der Waals surface area (Å²) in [5.74, 6) is 0.483. The van der Waals surface area contributed by atoms with Gasteiger partial charge in [-0.15, -0.1) is 0 Å². The van der Waals surface area contributed by atoms with Crippen molar-refractivity contribution >= 4 is 22.8 Å². The Kier molecular flexibility index (Phi) is 4.36. The van der Waals surface area contributed by atoms with Crippen LogP contribution in [0, 0.1) is 0 Å². The molecule has 1 aliphatic carbocycles. The number of amides is 1. The Bertz CT molecular complexity index is 991. The molecule has 7 heteroatoms. The number of anilines is 1. The van der Waals surface area contributed by atoms with Crippen molar-refractivity contribution in [1.82, 2.24) is 18.9 Å². The number of aromatic nitrogens is 4. The first-order valence-electron chi connectivity index (χ1n) is 9.13. The van der Waals surface area contributed by atoms with E-state index in [1.165, 1.54) is 23.8 Å². The van der Waals surface area contributed by atoms with Gasteiger partial charge in [0.2, 0.25) is 5.91 Å². The Hall–Kier alpha value is -2.83. The van der Waals surface area contributed by atoms with E-state index in [0.717, 1.165) is 23.9 Å². The molecule has 136 valence electrons. The molecule has 0 radical (unpaired) electrons. The molecule has 26 heavy (non-hydrogen) atoms. The van der Waals surface area contributed by atoms with Crippen LogP contribution in [0.1, 0.15) is 38.1 Å². The highest BCUT2D eigenvalue weighted by atomic mass is 16.2. The molecule has 0 unspecified atom stereocenters. The van der Waals surface area contributed by atoms with Crippen molar-refractivity contribution in [2.75, 3.05) is 5.32 Å². The van der Waals surface area contributed by atoms with Crippen molar-refractivity contribution < 1.29 is 4.79 Å². The van der Waals surface area contributed by atoms with Crippen LogP contribution in [0.15, 0.2) is 41.3 Å². The van der Waals surface area contributed by atoms with E-state index in [4.69, 9.17) is 0 Å². The third kappa shape index (κ3) is 2.94. The zero-order valence-electron chi connectivity index (χ0n) is 14.9. The maximum Gasteiger partial charge on any atom is 0.329 e. The topological polar surface area (TPSA) is 73.8 Å². The van der Waals surface area contributed by atoms with Gasteiger partial charge in [0, 0.05) is 13.1 Å². The number of imidazole rings is 1. The van der Waals surface area contributed by atoms with Crippen molar-refractivity contribution in [3.05, 3.63) is 47.0 Å². The fourth-order valence-electron chi connectivity index (χ4n) is 3.87. The predicted octanol–water partition coefficient (Wildman–Crippen LogP) is 2.68. The number of fused-ring (bicyclic) bond motifs is 1. The summed E-state index contributed by atoms with van der Waals surface area (Å²) < 4.78 is 4.99. The molecule has 0 saturated heterocycles. The molecule has 7 nitrogen and oxygen atoms in total. The lowest BCUT2D eigenvalue weighted by Gasteiger charge is -2.23. The van der Waals surface area contributed by atoms with Crippen LogP contribution in [0.3, 0.4) is 0 Å². The Morgan fingerprint density at radius 1 is 1.15 bits per heavy atom. The standard InChI is InChI=1S/C19H23N5O2/c1-22-15-9-5-6-10-16(15)23(19(22)26)13-18(25)21-17-11-12-20-24(17)14-7-3-2-4-8-14/h5-6,9-12,14H,2-4,7-8,13H2,1H3,(H,21,25). The maximum absolute atomic E-state index is 12.6. The third-order valence-corrected chi connectivity index (χ3v) is 5.21. The molecule has 1 aromatic carbocycles. The molecule has 0 bridgehead atoms. The Morgan fingerprint density at radius 3 is 2.65 bits per heavy atom. The van der Waals surface area contributed by atoms with Gasteiger partial charge >= 0.3 is 5.69 Å². The second-order valence-electron chi connectivity index (χ2n) is 6.92. The van der Waals surface area contributed by atoms with Crippen LogP contribution in [0.25, 0.3) is 11.0 Å². The summed E-state index contributed by atoms with van der Waals surface area (Å²) in [6.45, 7) is -0.0178. The minimum Gasteiger partial charge on any atom is -0.309 e. The number of carbonyl (C=O) groups is 1. The van der Waals surface area contributed by atoms with Gasteiger partial charge in [0.15, 0.2) is 0 Å². The monoisotopic (exact) mass is 353 g/mol. The summed E-state index contributed by atoms with van der Waals surface area (Å²) in [4.78, 5) is 25.1. The lowest BCUT2D eigenvalue weighted by Crippen LogP contribution is -2.29. The van der Waals surface area contributed by atoms with E-state index in [1.807, 2.05) is 35.0 Å². The molecular formula is C19H23N5O2. The summed E-state index contributed by atoms with van der Waals surface area (Å²) in [6, 6.07) is 9.65. The lowest BCUT2D eigenvalue weighted by atomic mass is 9.96. The van der Waals surface area contributed by atoms with E-state index in [0.29, 0.717) is 11.9 Å². The van der Waals surface area contributed by atoms with Gasteiger partial charge in [-0.25, -0.2) is 9.48 Å². The summed E-state index contributed by atoms with van der Waals surface area (Å²) in [6.07, 6.45) is 7.56. The van der Waals surface area contributed by atoms with Crippen molar-refractivity contribution in [3.8, 4) is 0 Å². The smallest absolute Gasteiger partial charge is 0.309 e. The summed E-state index contributed by atoms with van der Waals surface area (Å²) >= 11 is 0. The number of aryl methyl sites for hydroxylation is 1. The van der Waals surface area contributed by atoms with Crippen molar-refractivity contribution in [2.24, 2.45) is 7.05 Å². The van der Waals surface area contributed by atoms with Gasteiger partial charge in [-0.1, -0.05) is 31.4 Å². The predicted molar refractivity (Wildman–Crippen MR) is 100 cm³/mol. The molecule has 0 spiro atoms.